The lowest BCUT2D eigenvalue weighted by atomic mass is 9.97. The zero-order chi connectivity index (χ0) is 45.8. The number of likely N-dealkylation sites (tertiary alicyclic amines) is 1. The third-order valence-electron chi connectivity index (χ3n) is 10.9. The number of phenolic OH excluding ortho intramolecular Hbond substituents is 2. The first-order valence-electron chi connectivity index (χ1n) is 20.6. The molecule has 0 radical (unpaired) electrons. The summed E-state index contributed by atoms with van der Waals surface area (Å²) in [6.45, 7) is 3.63. The Hall–Kier alpha value is -6.53. The van der Waals surface area contributed by atoms with Gasteiger partial charge in [0.2, 0.25) is 5.91 Å². The van der Waals surface area contributed by atoms with Gasteiger partial charge < -0.3 is 46.6 Å². The van der Waals surface area contributed by atoms with Gasteiger partial charge in [0.1, 0.15) is 34.0 Å². The highest BCUT2D eigenvalue weighted by Crippen LogP contribution is 2.35. The summed E-state index contributed by atoms with van der Waals surface area (Å²) in [5.74, 6) is -3.08. The smallest absolute Gasteiger partial charge is 0.273 e. The quantitative estimate of drug-likeness (QED) is 0.0574. The first-order valence-corrected chi connectivity index (χ1v) is 22.2. The summed E-state index contributed by atoms with van der Waals surface area (Å²) >= 11 is 2.16. The molecule has 0 spiro atoms. The Morgan fingerprint density at radius 2 is 1.31 bits per heavy atom. The molecule has 2 aromatic carbocycles. The van der Waals surface area contributed by atoms with E-state index < -0.39 is 37.1 Å². The number of aromatic hydroxyl groups is 2. The number of anilines is 6. The van der Waals surface area contributed by atoms with Crippen LogP contribution in [0.3, 0.4) is 0 Å². The number of aliphatic hydroxyl groups is 1. The van der Waals surface area contributed by atoms with Crippen LogP contribution in [0.1, 0.15) is 54.4 Å². The summed E-state index contributed by atoms with van der Waals surface area (Å²) in [5.41, 5.74) is 3.14. The Balaban J connectivity index is 0.876. The number of carbonyl (C=O) groups excluding carboxylic acids is 3. The molecular formula is C42H46F2N12O7S2. The molecule has 2 aliphatic heterocycles. The Morgan fingerprint density at radius 3 is 1.83 bits per heavy atom. The average Bonchev–Trinajstić information content (AvgIpc) is 4.11. The monoisotopic (exact) mass is 932 g/mol. The number of nitrogens with one attached hydrogen (secondary N) is 5. The van der Waals surface area contributed by atoms with E-state index in [-0.39, 0.29) is 41.4 Å². The molecule has 0 saturated carbocycles. The highest BCUT2D eigenvalue weighted by molar-refractivity contribution is 7.18. The maximum absolute atomic E-state index is 13.6. The minimum atomic E-state index is -2.80. The molecule has 6 heterocycles. The highest BCUT2D eigenvalue weighted by atomic mass is 32.1. The van der Waals surface area contributed by atoms with Crippen molar-refractivity contribution in [2.24, 2.45) is 0 Å². The van der Waals surface area contributed by atoms with Crippen LogP contribution in [-0.2, 0) is 35.5 Å². The summed E-state index contributed by atoms with van der Waals surface area (Å²) in [7, 11) is 0. The summed E-state index contributed by atoms with van der Waals surface area (Å²) in [6.07, 6.45) is 7.25. The van der Waals surface area contributed by atoms with Gasteiger partial charge in [-0.25, -0.2) is 18.7 Å². The van der Waals surface area contributed by atoms with E-state index in [1.54, 1.807) is 62.6 Å². The molecule has 342 valence electrons. The number of aromatic nitrogens is 6. The molecule has 3 amide bonds. The molecule has 2 aliphatic rings. The molecule has 19 nitrogen and oxygen atoms in total. The Morgan fingerprint density at radius 1 is 0.800 bits per heavy atom. The third-order valence-corrected chi connectivity index (χ3v) is 12.8. The predicted octanol–water partition coefficient (Wildman–Crippen LogP) is 5.36. The number of thiazole rings is 2. The van der Waals surface area contributed by atoms with Crippen molar-refractivity contribution in [3.8, 4) is 11.5 Å². The zero-order valence-corrected chi connectivity index (χ0v) is 36.8. The second-order valence-electron chi connectivity index (χ2n) is 15.7. The van der Waals surface area contributed by atoms with Gasteiger partial charge >= 0.3 is 0 Å². The van der Waals surface area contributed by atoms with Gasteiger partial charge in [0.05, 0.1) is 43.4 Å². The van der Waals surface area contributed by atoms with E-state index in [9.17, 15) is 38.5 Å². The number of aliphatic hydroxyl groups excluding tert-OH is 1. The fourth-order valence-corrected chi connectivity index (χ4v) is 8.78. The lowest BCUT2D eigenvalue weighted by Crippen LogP contribution is -2.60. The molecule has 0 aliphatic carbocycles. The Kier molecular flexibility index (Phi) is 13.4. The molecule has 65 heavy (non-hydrogen) atoms. The van der Waals surface area contributed by atoms with Crippen LogP contribution in [0.4, 0.5) is 42.1 Å². The fourth-order valence-electron chi connectivity index (χ4n) is 7.34. The molecule has 2 saturated heterocycles. The molecule has 23 heteroatoms. The van der Waals surface area contributed by atoms with Crippen molar-refractivity contribution in [1.82, 2.24) is 39.7 Å². The first-order chi connectivity index (χ1) is 31.2. The van der Waals surface area contributed by atoms with E-state index in [1.165, 1.54) is 26.7 Å². The van der Waals surface area contributed by atoms with Crippen LogP contribution in [0, 0.1) is 13.8 Å². The number of hydrogen-bond acceptors (Lipinski definition) is 16. The molecule has 2 fully saturated rings. The topological polar surface area (TPSA) is 246 Å². The second kappa shape index (κ2) is 19.3. The molecule has 0 bridgehead atoms. The van der Waals surface area contributed by atoms with Crippen molar-refractivity contribution in [3.05, 3.63) is 93.2 Å². The van der Waals surface area contributed by atoms with Gasteiger partial charge in [-0.05, 0) is 62.8 Å². The van der Waals surface area contributed by atoms with Gasteiger partial charge in [0, 0.05) is 54.9 Å². The fraction of sp³-hybridized carbons (Fsp3) is 0.357. The van der Waals surface area contributed by atoms with Crippen LogP contribution in [0.5, 0.6) is 11.5 Å². The molecule has 6 aromatic rings. The van der Waals surface area contributed by atoms with E-state index in [0.717, 1.165) is 35.5 Å². The first kappa shape index (κ1) is 45.1. The summed E-state index contributed by atoms with van der Waals surface area (Å²) in [5, 5.41) is 56.0. The van der Waals surface area contributed by atoms with Crippen molar-refractivity contribution in [3.63, 3.8) is 0 Å². The van der Waals surface area contributed by atoms with E-state index >= 15 is 0 Å². The van der Waals surface area contributed by atoms with Crippen LogP contribution in [0.25, 0.3) is 0 Å². The van der Waals surface area contributed by atoms with Crippen LogP contribution in [-0.4, -0.2) is 112 Å². The number of carbonyl (C=O) groups is 3. The maximum atomic E-state index is 13.6. The molecule has 8 N–H and O–H groups in total. The number of amides is 3. The number of halogens is 2. The van der Waals surface area contributed by atoms with E-state index in [0.29, 0.717) is 86.5 Å². The minimum Gasteiger partial charge on any atom is -0.508 e. The molecule has 1 unspecified atom stereocenters. The summed E-state index contributed by atoms with van der Waals surface area (Å²) in [6, 6.07) is 9.93. The van der Waals surface area contributed by atoms with Crippen molar-refractivity contribution < 1.29 is 43.2 Å². The Bertz CT molecular complexity index is 2690. The SMILES string of the molecule is Cc1c(O)ccc(CCc2ccc(O)c(C)c2NC(=O)c2cnc(Nc3ccn(CC(O)N4CC(F)(F)C4)n3)s2)c1NC(=O)c1cnc(Nc2ccn(CC(=O)NC3CCOCC3)n2)s1. The number of aryl methyl sites for hydroxylation is 2. The average molecular weight is 933 g/mol. The predicted molar refractivity (Wildman–Crippen MR) is 239 cm³/mol. The second-order valence-corrected chi connectivity index (χ2v) is 17.8. The summed E-state index contributed by atoms with van der Waals surface area (Å²) < 4.78 is 34.7. The standard InChI is InChI=1S/C42H46F2N12O7S2/c1-23-28(57)7-5-25(36(23)50-38(61)30-17-45-40(64-30)48-32-9-13-55(52-32)19-34(59)47-27-11-15-63-16-12-27)3-4-26-6-8-29(58)24(2)37(26)51-39(62)31-18-46-41(65-31)49-33-10-14-56(53-33)20-35(60)54-21-42(43,44)22-54/h5-10,13-14,17-18,27,35,57-58,60H,3-4,11-12,15-16,19-22H2,1-2H3,(H,47,59)(H,50,61)(H,51,62)(H,45,48,52)(H,46,49,53). The van der Waals surface area contributed by atoms with Gasteiger partial charge in [-0.1, -0.05) is 34.8 Å². The molecule has 4 aromatic heterocycles. The van der Waals surface area contributed by atoms with E-state index in [1.807, 2.05) is 0 Å². The molecule has 8 rings (SSSR count). The number of phenols is 2. The van der Waals surface area contributed by atoms with Crippen LogP contribution >= 0.6 is 22.7 Å². The van der Waals surface area contributed by atoms with Gasteiger partial charge in [0.25, 0.3) is 17.7 Å². The zero-order valence-electron chi connectivity index (χ0n) is 35.2. The Labute approximate surface area is 378 Å². The van der Waals surface area contributed by atoms with E-state index in [4.69, 9.17) is 4.74 Å². The number of ether oxygens (including phenoxy) is 1. The van der Waals surface area contributed by atoms with Crippen LogP contribution in [0.15, 0.2) is 61.2 Å². The number of benzene rings is 2. The molecular weight excluding hydrogens is 887 g/mol. The van der Waals surface area contributed by atoms with Crippen molar-refractivity contribution in [2.45, 2.75) is 70.8 Å². The van der Waals surface area contributed by atoms with Crippen molar-refractivity contribution >= 4 is 73.7 Å². The van der Waals surface area contributed by atoms with Gasteiger partial charge in [-0.2, -0.15) is 10.2 Å². The normalized spacial score (nSPS) is 15.5. The lowest BCUT2D eigenvalue weighted by molar-refractivity contribution is -0.187. The molecule has 1 atom stereocenters. The number of alkyl halides is 2. The summed E-state index contributed by atoms with van der Waals surface area (Å²) in [4.78, 5) is 50.1. The third kappa shape index (κ3) is 11.1. The van der Waals surface area contributed by atoms with Crippen molar-refractivity contribution in [2.75, 3.05) is 47.6 Å². The van der Waals surface area contributed by atoms with E-state index in [2.05, 4.69) is 46.7 Å². The number of hydrogen-bond donors (Lipinski definition) is 8. The number of nitrogens with zero attached hydrogens (tertiary/aromatic N) is 7. The minimum absolute atomic E-state index is 0.0106. The highest BCUT2D eigenvalue weighted by Gasteiger charge is 2.46. The van der Waals surface area contributed by atoms with Crippen molar-refractivity contribution in [1.29, 1.82) is 0 Å². The van der Waals surface area contributed by atoms with Gasteiger partial charge in [-0.3, -0.25) is 28.6 Å². The number of rotatable bonds is 17. The largest absolute Gasteiger partial charge is 0.508 e. The van der Waals surface area contributed by atoms with Gasteiger partial charge in [-0.15, -0.1) is 0 Å². The van der Waals surface area contributed by atoms with Crippen LogP contribution < -0.4 is 26.6 Å². The maximum Gasteiger partial charge on any atom is 0.273 e. The van der Waals surface area contributed by atoms with Crippen LogP contribution in [0.2, 0.25) is 0 Å². The lowest BCUT2D eigenvalue weighted by Gasteiger charge is -2.41. The van der Waals surface area contributed by atoms with Gasteiger partial charge in [0.15, 0.2) is 21.9 Å².